The molecule has 9 heteroatoms. The molecular formula is C21H21ClFN5O2. The lowest BCUT2D eigenvalue weighted by atomic mass is 9.92. The van der Waals surface area contributed by atoms with Gasteiger partial charge in [-0.05, 0) is 32.0 Å². The Morgan fingerprint density at radius 2 is 2.23 bits per heavy atom. The van der Waals surface area contributed by atoms with Gasteiger partial charge in [-0.2, -0.15) is 0 Å². The third-order valence-corrected chi connectivity index (χ3v) is 5.40. The zero-order chi connectivity index (χ0) is 21.3. The largest absolute Gasteiger partial charge is 0.493 e. The van der Waals surface area contributed by atoms with Gasteiger partial charge in [0.1, 0.15) is 23.4 Å². The predicted molar refractivity (Wildman–Crippen MR) is 112 cm³/mol. The molecule has 30 heavy (non-hydrogen) atoms. The number of hydrogen-bond donors (Lipinski definition) is 2. The molecule has 3 heterocycles. The second-order valence-electron chi connectivity index (χ2n) is 7.10. The smallest absolute Gasteiger partial charge is 0.220 e. The molecule has 156 valence electrons. The van der Waals surface area contributed by atoms with Crippen molar-refractivity contribution in [3.05, 3.63) is 52.7 Å². The highest BCUT2D eigenvalue weighted by Crippen LogP contribution is 2.42. The Kier molecular flexibility index (Phi) is 5.67. The van der Waals surface area contributed by atoms with Gasteiger partial charge in [-0.1, -0.05) is 11.6 Å². The van der Waals surface area contributed by atoms with Crippen LogP contribution in [0.2, 0.25) is 5.02 Å². The average Bonchev–Trinajstić information content (AvgIpc) is 3.17. The van der Waals surface area contributed by atoms with E-state index in [0.717, 1.165) is 0 Å². The number of ether oxygens (including phenoxy) is 1. The first-order valence-corrected chi connectivity index (χ1v) is 10.1. The molecule has 0 saturated carbocycles. The van der Waals surface area contributed by atoms with Crippen molar-refractivity contribution in [1.82, 2.24) is 20.3 Å². The second-order valence-corrected chi connectivity index (χ2v) is 7.51. The summed E-state index contributed by atoms with van der Waals surface area (Å²) in [5.41, 5.74) is 2.35. The van der Waals surface area contributed by atoms with Crippen LogP contribution in [0.3, 0.4) is 0 Å². The molecular weight excluding hydrogens is 409 g/mol. The van der Waals surface area contributed by atoms with Crippen molar-refractivity contribution in [2.75, 3.05) is 18.5 Å². The Bertz CT molecular complexity index is 1100. The number of aromatic nitrogens is 3. The minimum absolute atomic E-state index is 0.0119. The van der Waals surface area contributed by atoms with E-state index in [2.05, 4.69) is 25.6 Å². The van der Waals surface area contributed by atoms with E-state index in [9.17, 15) is 4.79 Å². The van der Waals surface area contributed by atoms with Crippen LogP contribution in [0.4, 0.5) is 10.2 Å². The number of benzene rings is 1. The number of halogens is 2. The van der Waals surface area contributed by atoms with Gasteiger partial charge in [0, 0.05) is 36.2 Å². The minimum atomic E-state index is -0.549. The van der Waals surface area contributed by atoms with Gasteiger partial charge in [0.2, 0.25) is 5.91 Å². The Balaban J connectivity index is 1.77. The average molecular weight is 430 g/mol. The van der Waals surface area contributed by atoms with Crippen molar-refractivity contribution in [3.63, 3.8) is 0 Å². The lowest BCUT2D eigenvalue weighted by Gasteiger charge is -2.24. The lowest BCUT2D eigenvalue weighted by molar-refractivity contribution is -0.119. The van der Waals surface area contributed by atoms with Crippen LogP contribution in [-0.2, 0) is 4.79 Å². The number of hydrogen-bond acceptors (Lipinski definition) is 6. The summed E-state index contributed by atoms with van der Waals surface area (Å²) in [5.74, 6) is -0.0486. The van der Waals surface area contributed by atoms with Crippen molar-refractivity contribution in [1.29, 1.82) is 0 Å². The summed E-state index contributed by atoms with van der Waals surface area (Å²) in [6.45, 7) is 4.43. The minimum Gasteiger partial charge on any atom is -0.493 e. The predicted octanol–water partition coefficient (Wildman–Crippen LogP) is 3.99. The summed E-state index contributed by atoms with van der Waals surface area (Å²) >= 11 is 6.25. The van der Waals surface area contributed by atoms with Crippen LogP contribution in [-0.4, -0.2) is 34.0 Å². The molecule has 1 fully saturated rings. The lowest BCUT2D eigenvalue weighted by Crippen LogP contribution is -2.16. The molecule has 0 unspecified atom stereocenters. The molecule has 1 aliphatic rings. The van der Waals surface area contributed by atoms with Crippen molar-refractivity contribution >= 4 is 34.4 Å². The van der Waals surface area contributed by atoms with Gasteiger partial charge in [-0.3, -0.25) is 9.78 Å². The molecule has 1 saturated heterocycles. The van der Waals surface area contributed by atoms with Crippen molar-refractivity contribution in [2.24, 2.45) is 0 Å². The van der Waals surface area contributed by atoms with Crippen LogP contribution in [0.1, 0.15) is 43.4 Å². The maximum atomic E-state index is 15.0. The van der Waals surface area contributed by atoms with E-state index in [-0.39, 0.29) is 29.3 Å². The second kappa shape index (κ2) is 8.39. The van der Waals surface area contributed by atoms with Gasteiger partial charge < -0.3 is 15.4 Å². The van der Waals surface area contributed by atoms with Gasteiger partial charge in [0.05, 0.1) is 23.2 Å². The maximum absolute atomic E-state index is 15.0. The van der Waals surface area contributed by atoms with Crippen LogP contribution in [0.25, 0.3) is 11.0 Å². The molecule has 1 aromatic carbocycles. The Morgan fingerprint density at radius 3 is 2.97 bits per heavy atom. The number of rotatable bonds is 6. The third kappa shape index (κ3) is 3.75. The van der Waals surface area contributed by atoms with E-state index >= 15 is 4.39 Å². The first kappa shape index (κ1) is 20.3. The summed E-state index contributed by atoms with van der Waals surface area (Å²) in [4.78, 5) is 24.6. The molecule has 1 amide bonds. The number of carbonyl (C=O) groups is 1. The van der Waals surface area contributed by atoms with Gasteiger partial charge in [-0.15, -0.1) is 0 Å². The summed E-state index contributed by atoms with van der Waals surface area (Å²) in [5, 5.41) is 6.05. The Hall–Kier alpha value is -3.00. The van der Waals surface area contributed by atoms with Gasteiger partial charge in [0.25, 0.3) is 0 Å². The maximum Gasteiger partial charge on any atom is 0.220 e. The normalized spacial score (nSPS) is 17.1. The van der Waals surface area contributed by atoms with Crippen molar-refractivity contribution in [2.45, 2.75) is 32.2 Å². The van der Waals surface area contributed by atoms with E-state index in [1.807, 2.05) is 19.9 Å². The number of pyridine rings is 1. The van der Waals surface area contributed by atoms with E-state index in [4.69, 9.17) is 16.3 Å². The van der Waals surface area contributed by atoms with Crippen LogP contribution in [0, 0.1) is 5.82 Å². The molecule has 0 radical (unpaired) electrons. The SMILES string of the molecule is CCOc1c([C@@H](C)Nc2ncnc3cccnc23)cc(Cl)c(F)c1[C@H]1CNC(=O)C1. The molecule has 0 spiro atoms. The van der Waals surface area contributed by atoms with E-state index in [0.29, 0.717) is 46.9 Å². The monoisotopic (exact) mass is 429 g/mol. The van der Waals surface area contributed by atoms with E-state index < -0.39 is 5.82 Å². The van der Waals surface area contributed by atoms with Crippen LogP contribution in [0.5, 0.6) is 5.75 Å². The van der Waals surface area contributed by atoms with Crippen LogP contribution >= 0.6 is 11.6 Å². The molecule has 2 N–H and O–H groups in total. The molecule has 3 aromatic rings. The van der Waals surface area contributed by atoms with Crippen molar-refractivity contribution < 1.29 is 13.9 Å². The zero-order valence-corrected chi connectivity index (χ0v) is 17.3. The van der Waals surface area contributed by atoms with Gasteiger partial charge in [0.15, 0.2) is 5.82 Å². The molecule has 2 atom stereocenters. The Morgan fingerprint density at radius 1 is 1.40 bits per heavy atom. The summed E-state index contributed by atoms with van der Waals surface area (Å²) in [7, 11) is 0. The first-order valence-electron chi connectivity index (χ1n) is 9.73. The van der Waals surface area contributed by atoms with Crippen LogP contribution < -0.4 is 15.4 Å². The number of nitrogens with one attached hydrogen (secondary N) is 2. The Labute approximate surface area is 178 Å². The third-order valence-electron chi connectivity index (χ3n) is 5.12. The first-order chi connectivity index (χ1) is 14.5. The molecule has 2 aromatic heterocycles. The highest BCUT2D eigenvalue weighted by molar-refractivity contribution is 6.31. The van der Waals surface area contributed by atoms with E-state index in [1.165, 1.54) is 6.33 Å². The summed E-state index contributed by atoms with van der Waals surface area (Å²) in [6.07, 6.45) is 3.32. The zero-order valence-electron chi connectivity index (χ0n) is 16.6. The van der Waals surface area contributed by atoms with Crippen molar-refractivity contribution in [3.8, 4) is 5.75 Å². The van der Waals surface area contributed by atoms with Gasteiger partial charge in [-0.25, -0.2) is 14.4 Å². The number of carbonyl (C=O) groups excluding carboxylic acids is 1. The fourth-order valence-corrected chi connectivity index (χ4v) is 3.95. The molecule has 4 rings (SSSR count). The van der Waals surface area contributed by atoms with E-state index in [1.54, 1.807) is 18.3 Å². The van der Waals surface area contributed by atoms with Gasteiger partial charge >= 0.3 is 0 Å². The molecule has 0 bridgehead atoms. The number of nitrogens with zero attached hydrogens (tertiary/aromatic N) is 3. The number of anilines is 1. The van der Waals surface area contributed by atoms with Crippen LogP contribution in [0.15, 0.2) is 30.7 Å². The topological polar surface area (TPSA) is 89.0 Å². The number of fused-ring (bicyclic) bond motifs is 1. The molecule has 7 nitrogen and oxygen atoms in total. The number of amides is 1. The molecule has 1 aliphatic heterocycles. The fourth-order valence-electron chi connectivity index (χ4n) is 3.73. The summed E-state index contributed by atoms with van der Waals surface area (Å²) < 4.78 is 20.9. The highest BCUT2D eigenvalue weighted by atomic mass is 35.5. The quantitative estimate of drug-likeness (QED) is 0.615. The summed E-state index contributed by atoms with van der Waals surface area (Å²) in [6, 6.07) is 4.89. The highest BCUT2D eigenvalue weighted by Gasteiger charge is 2.32. The fraction of sp³-hybridized carbons (Fsp3) is 0.333. The standard InChI is InChI=1S/C21H21ClFN5O2/c1-3-30-20-13(8-14(22)18(23)17(20)12-7-16(29)25-9-12)11(2)28-21-19-15(26-10-27-21)5-4-6-24-19/h4-6,8,10-12H,3,7,9H2,1-2H3,(H,25,29)(H,26,27,28)/t11-,12-/m1/s1. The molecule has 0 aliphatic carbocycles.